The van der Waals surface area contributed by atoms with Gasteiger partial charge in [-0.05, 0) is 49.9 Å². The predicted molar refractivity (Wildman–Crippen MR) is 110 cm³/mol. The average molecular weight is 369 g/mol. The highest BCUT2D eigenvalue weighted by Gasteiger charge is 2.39. The third kappa shape index (κ3) is 3.34. The first-order valence-electron chi connectivity index (χ1n) is 9.66. The zero-order chi connectivity index (χ0) is 17.8. The van der Waals surface area contributed by atoms with Crippen molar-refractivity contribution < 1.29 is 4.74 Å². The van der Waals surface area contributed by atoms with Gasteiger partial charge in [0, 0.05) is 31.5 Å². The highest BCUT2D eigenvalue weighted by atomic mass is 31.2. The van der Waals surface area contributed by atoms with E-state index in [9.17, 15) is 0 Å². The van der Waals surface area contributed by atoms with E-state index in [1.807, 2.05) is 12.1 Å². The summed E-state index contributed by atoms with van der Waals surface area (Å²) in [5.74, 6) is 0.884. The van der Waals surface area contributed by atoms with E-state index in [0.717, 1.165) is 37.6 Å². The summed E-state index contributed by atoms with van der Waals surface area (Å²) in [4.78, 5) is 0. The van der Waals surface area contributed by atoms with E-state index in [1.54, 1.807) is 7.11 Å². The molecule has 0 saturated carbocycles. The van der Waals surface area contributed by atoms with Crippen LogP contribution >= 0.6 is 7.36 Å². The Balaban J connectivity index is 1.89. The molecule has 0 aromatic heterocycles. The second-order valence-electron chi connectivity index (χ2n) is 7.02. The molecular weight excluding hydrogens is 341 g/mol. The van der Waals surface area contributed by atoms with Gasteiger partial charge in [0.1, 0.15) is 13.1 Å². The van der Waals surface area contributed by atoms with Crippen molar-refractivity contribution >= 4 is 18.3 Å². The monoisotopic (exact) mass is 369 g/mol. The third-order valence-electron chi connectivity index (χ3n) is 5.38. The van der Waals surface area contributed by atoms with Crippen LogP contribution in [0.4, 0.5) is 5.69 Å². The maximum absolute atomic E-state index is 5.51. The Morgan fingerprint density at radius 1 is 0.769 bits per heavy atom. The summed E-state index contributed by atoms with van der Waals surface area (Å²) in [6, 6.07) is 19.3. The molecule has 2 saturated heterocycles. The lowest BCUT2D eigenvalue weighted by Crippen LogP contribution is -2.34. The third-order valence-corrected chi connectivity index (χ3v) is 9.26. The molecule has 2 heterocycles. The largest absolute Gasteiger partial charge is 0.497 e. The molecule has 4 rings (SSSR count). The van der Waals surface area contributed by atoms with Gasteiger partial charge in [-0.1, -0.05) is 30.3 Å². The number of rotatable bonds is 5. The molecule has 0 atom stereocenters. The molecule has 0 spiro atoms. The molecule has 138 valence electrons. The number of hydrogen-bond donors (Lipinski definition) is 0. The lowest BCUT2D eigenvalue weighted by atomic mass is 10.3. The molecule has 0 aliphatic carbocycles. The standard InChI is InChI=1S/C21H28N3OP/c1-25-20-13-11-19(12-14-20)22-26(23-15-5-6-16-23,24-17-7-8-18-24)21-9-3-2-4-10-21/h2-4,9-14H,5-8,15-18H2,1H3. The summed E-state index contributed by atoms with van der Waals surface area (Å²) in [6.07, 6.45) is 5.11. The molecule has 4 nitrogen and oxygen atoms in total. The summed E-state index contributed by atoms with van der Waals surface area (Å²) in [6.45, 7) is 4.61. The molecule has 0 amide bonds. The fourth-order valence-corrected chi connectivity index (χ4v) is 8.17. The van der Waals surface area contributed by atoms with Gasteiger partial charge in [-0.2, -0.15) is 0 Å². The number of nitrogens with zero attached hydrogens (tertiary/aromatic N) is 3. The zero-order valence-electron chi connectivity index (χ0n) is 15.6. The van der Waals surface area contributed by atoms with E-state index in [2.05, 4.69) is 51.8 Å². The van der Waals surface area contributed by atoms with Crippen molar-refractivity contribution in [3.8, 4) is 5.75 Å². The summed E-state index contributed by atoms with van der Waals surface area (Å²) in [5.41, 5.74) is 1.06. The highest BCUT2D eigenvalue weighted by Crippen LogP contribution is 2.59. The fraction of sp³-hybridized carbons (Fsp3) is 0.429. The van der Waals surface area contributed by atoms with Crippen molar-refractivity contribution in [2.45, 2.75) is 25.7 Å². The maximum atomic E-state index is 5.51. The molecule has 2 fully saturated rings. The first-order valence-corrected chi connectivity index (χ1v) is 11.3. The molecular formula is C21H28N3OP. The number of methoxy groups -OCH3 is 1. The van der Waals surface area contributed by atoms with Crippen LogP contribution < -0.4 is 10.0 Å². The minimum atomic E-state index is -1.94. The average Bonchev–Trinajstić information content (AvgIpc) is 3.42. The van der Waals surface area contributed by atoms with Crippen LogP contribution in [0.25, 0.3) is 0 Å². The first kappa shape index (κ1) is 17.8. The Kier molecular flexibility index (Phi) is 5.44. The topological polar surface area (TPSA) is 28.1 Å². The number of hydrogen-bond acceptors (Lipinski definition) is 2. The molecule has 26 heavy (non-hydrogen) atoms. The van der Waals surface area contributed by atoms with Gasteiger partial charge in [-0.25, -0.2) is 4.74 Å². The summed E-state index contributed by atoms with van der Waals surface area (Å²) in [5, 5.41) is 1.39. The molecule has 0 bridgehead atoms. The van der Waals surface area contributed by atoms with Crippen molar-refractivity contribution in [3.05, 3.63) is 54.6 Å². The number of ether oxygens (including phenoxy) is 1. The van der Waals surface area contributed by atoms with Crippen LogP contribution in [0.15, 0.2) is 59.3 Å². The Hall–Kier alpha value is -1.61. The predicted octanol–water partition coefficient (Wildman–Crippen LogP) is 4.88. The van der Waals surface area contributed by atoms with E-state index < -0.39 is 7.36 Å². The molecule has 0 N–H and O–H groups in total. The molecule has 0 radical (unpaired) electrons. The molecule has 0 unspecified atom stereocenters. The summed E-state index contributed by atoms with van der Waals surface area (Å²) < 4.78 is 16.2. The molecule has 5 heteroatoms. The van der Waals surface area contributed by atoms with Crippen molar-refractivity contribution in [1.29, 1.82) is 0 Å². The molecule has 2 aliphatic heterocycles. The summed E-state index contributed by atoms with van der Waals surface area (Å²) >= 11 is 0. The Labute approximate surface area is 156 Å². The van der Waals surface area contributed by atoms with Gasteiger partial charge < -0.3 is 4.74 Å². The molecule has 2 aromatic carbocycles. The lowest BCUT2D eigenvalue weighted by Gasteiger charge is -2.40. The Bertz CT molecular complexity index is 744. The quantitative estimate of drug-likeness (QED) is 0.704. The van der Waals surface area contributed by atoms with Crippen LogP contribution in [0.1, 0.15) is 25.7 Å². The minimum absolute atomic E-state index is 0.884. The van der Waals surface area contributed by atoms with Crippen LogP contribution in [0.3, 0.4) is 0 Å². The van der Waals surface area contributed by atoms with Gasteiger partial charge >= 0.3 is 0 Å². The van der Waals surface area contributed by atoms with Gasteiger partial charge in [0.2, 0.25) is 0 Å². The van der Waals surface area contributed by atoms with Gasteiger partial charge in [0.25, 0.3) is 0 Å². The van der Waals surface area contributed by atoms with Crippen LogP contribution in [0, 0.1) is 0 Å². The van der Waals surface area contributed by atoms with Crippen LogP contribution in [0.5, 0.6) is 5.75 Å². The van der Waals surface area contributed by atoms with Gasteiger partial charge in [0.15, 0.2) is 0 Å². The van der Waals surface area contributed by atoms with E-state index in [1.165, 1.54) is 31.0 Å². The molecule has 2 aromatic rings. The van der Waals surface area contributed by atoms with Crippen molar-refractivity contribution in [2.75, 3.05) is 33.3 Å². The zero-order valence-corrected chi connectivity index (χ0v) is 16.4. The molecule has 2 aliphatic rings. The fourth-order valence-electron chi connectivity index (χ4n) is 4.09. The van der Waals surface area contributed by atoms with E-state index in [0.29, 0.717) is 0 Å². The van der Waals surface area contributed by atoms with Crippen molar-refractivity contribution in [2.24, 2.45) is 4.74 Å². The highest BCUT2D eigenvalue weighted by molar-refractivity contribution is 7.69. The second-order valence-corrected chi connectivity index (χ2v) is 10.0. The van der Waals surface area contributed by atoms with Crippen LogP contribution in [-0.4, -0.2) is 42.6 Å². The Morgan fingerprint density at radius 2 is 1.31 bits per heavy atom. The van der Waals surface area contributed by atoms with Gasteiger partial charge in [-0.3, -0.25) is 9.34 Å². The minimum Gasteiger partial charge on any atom is -0.497 e. The SMILES string of the molecule is COc1ccc(N=P(c2ccccc2)(N2CCCC2)N2CCCC2)cc1. The maximum Gasteiger partial charge on any atom is 0.132 e. The van der Waals surface area contributed by atoms with Crippen molar-refractivity contribution in [3.63, 3.8) is 0 Å². The van der Waals surface area contributed by atoms with Gasteiger partial charge in [-0.15, -0.1) is 0 Å². The second kappa shape index (κ2) is 7.96. The van der Waals surface area contributed by atoms with Crippen LogP contribution in [-0.2, 0) is 0 Å². The van der Waals surface area contributed by atoms with E-state index >= 15 is 0 Å². The summed E-state index contributed by atoms with van der Waals surface area (Å²) in [7, 11) is -0.228. The van der Waals surface area contributed by atoms with E-state index in [4.69, 9.17) is 9.48 Å². The van der Waals surface area contributed by atoms with E-state index in [-0.39, 0.29) is 0 Å². The van der Waals surface area contributed by atoms with Gasteiger partial charge in [0.05, 0.1) is 12.8 Å². The Morgan fingerprint density at radius 3 is 1.81 bits per heavy atom. The van der Waals surface area contributed by atoms with Crippen LogP contribution in [0.2, 0.25) is 0 Å². The first-order chi connectivity index (χ1) is 12.8. The number of benzene rings is 2. The smallest absolute Gasteiger partial charge is 0.132 e. The lowest BCUT2D eigenvalue weighted by molar-refractivity contribution is 0.415. The van der Waals surface area contributed by atoms with Crippen molar-refractivity contribution in [1.82, 2.24) is 9.34 Å². The normalized spacial score (nSPS) is 19.0.